The molecule has 1 aromatic carbocycles. The van der Waals surface area contributed by atoms with Crippen LogP contribution < -0.4 is 45.6 Å². The van der Waals surface area contributed by atoms with E-state index in [0.29, 0.717) is 19.6 Å². The van der Waals surface area contributed by atoms with E-state index in [4.69, 9.17) is 82.4 Å². The first-order chi connectivity index (χ1) is 30.8. The van der Waals surface area contributed by atoms with Gasteiger partial charge in [-0.3, -0.25) is 14.0 Å². The first-order valence-corrected chi connectivity index (χ1v) is 26.6. The molecule has 29 nitrogen and oxygen atoms in total. The zero-order valence-electron chi connectivity index (χ0n) is 48.8. The quantitative estimate of drug-likeness (QED) is 0.0233. The smallest absolute Gasteiger partial charge is 0.394 e. The Labute approximate surface area is 514 Å². The van der Waals surface area contributed by atoms with Crippen LogP contribution in [-0.2, 0) is 21.5 Å². The van der Waals surface area contributed by atoms with Gasteiger partial charge in [0.2, 0.25) is 6.16 Å². The molecule has 0 aromatic heterocycles. The number of hydrogen-bond donors (Lipinski definition) is 13. The van der Waals surface area contributed by atoms with Crippen molar-refractivity contribution >= 4 is 115 Å². The van der Waals surface area contributed by atoms with Crippen molar-refractivity contribution in [2.45, 2.75) is 54.5 Å². The normalized spacial score (nSPS) is 9.40. The second-order valence-corrected chi connectivity index (χ2v) is 19.5. The standard InChI is InChI=1S/C13H22N.C6H15BrN.C6H15NO3.C6H15N.C5H13BrN.C3H9N.CH2O3.2BrH.2ClH.HNO3.5H3N.H3O4P.H2O4S/c1-4-14(5-2,6-3)12-13-10-8-7-9-11-13;1-8(2,3)6-4-5-7;8-4-1-7(2-5-9)3-6-10;1-4-7(5-2)6-3;1-7(2,3)5-4-6;1-4(2)3;2-1(3)4;;;;;2-1(3)4;;;;;;2*1-5(2,3)4/h7-11H,4-6,12H2,1-3H3;4-6H2,1-3H3;8-10H,1-6H2;4-6H2,1-3H3;4-5H2,1-3H3;1-3H3;(H2,2,3,4);4*1H;(H,2,3,4);5*1H3;(H3,1,2,3,4);(H2,1,2,3,4)/q2*+1;;;+1;;;;;;;;;;;;;;/p-3. The van der Waals surface area contributed by atoms with Gasteiger partial charge < -0.3 is 109 Å². The van der Waals surface area contributed by atoms with Crippen molar-refractivity contribution in [1.82, 2.24) is 45.5 Å². The molecule has 37 heteroatoms. The summed E-state index contributed by atoms with van der Waals surface area (Å²) in [7, 11) is 9.37. The Morgan fingerprint density at radius 2 is 0.909 bits per heavy atom. The lowest BCUT2D eigenvalue weighted by molar-refractivity contribution is -0.936. The number of rotatable bonds is 19. The molecule has 0 unspecified atom stereocenters. The Morgan fingerprint density at radius 3 is 1.03 bits per heavy atom. The number of hydrogen-bond acceptors (Lipinski definition) is 20. The number of phosphoric acid groups is 1. The van der Waals surface area contributed by atoms with Crippen LogP contribution in [0.2, 0.25) is 0 Å². The maximum Gasteiger partial charge on any atom is 0.394 e. The van der Waals surface area contributed by atoms with E-state index in [1.807, 2.05) is 26.0 Å². The molecular weight excluding hydrogens is 1370 g/mol. The molecule has 77 heavy (non-hydrogen) atoms. The molecule has 0 bridgehead atoms. The number of quaternary nitrogens is 3. The average molecular weight is 1490 g/mol. The number of nitrogens with zero attached hydrogens (tertiary/aromatic N) is 7. The number of halogens is 6. The van der Waals surface area contributed by atoms with Crippen LogP contribution >= 0.6 is 98.5 Å². The molecule has 488 valence electrons. The van der Waals surface area contributed by atoms with Gasteiger partial charge in [-0.1, -0.05) is 83.0 Å². The molecule has 0 aliphatic carbocycles. The van der Waals surface area contributed by atoms with Crippen molar-refractivity contribution in [3.05, 3.63) is 46.0 Å². The van der Waals surface area contributed by atoms with Gasteiger partial charge >= 0.3 is 10.4 Å². The Hall–Kier alpha value is -0.390. The molecular formula is C40H113Br4Cl2N12O17PS. The monoisotopic (exact) mass is 1480 g/mol. The lowest BCUT2D eigenvalue weighted by Crippen LogP contribution is -2.46. The summed E-state index contributed by atoms with van der Waals surface area (Å²) in [4.78, 5) is 47.3. The molecule has 0 atom stereocenters. The van der Waals surface area contributed by atoms with Crippen LogP contribution in [0.4, 0.5) is 4.79 Å². The second kappa shape index (κ2) is 84.4. The van der Waals surface area contributed by atoms with E-state index in [1.165, 1.54) is 75.4 Å². The van der Waals surface area contributed by atoms with Crippen molar-refractivity contribution in [3.63, 3.8) is 0 Å². The Balaban J connectivity index is -0.0000000319. The topological polar surface area (TPSA) is 527 Å². The van der Waals surface area contributed by atoms with E-state index in [1.54, 1.807) is 4.90 Å². The van der Waals surface area contributed by atoms with E-state index >= 15 is 0 Å². The molecule has 0 aliphatic rings. The van der Waals surface area contributed by atoms with Crippen LogP contribution in [0.1, 0.15) is 53.5 Å². The lowest BCUT2D eigenvalue weighted by atomic mass is 10.2. The zero-order valence-corrected chi connectivity index (χ0v) is 58.7. The van der Waals surface area contributed by atoms with Crippen LogP contribution in [0.15, 0.2) is 30.3 Å². The first kappa shape index (κ1) is 127. The lowest BCUT2D eigenvalue weighted by Gasteiger charge is -2.35. The zero-order chi connectivity index (χ0) is 56.2. The highest BCUT2D eigenvalue weighted by Crippen LogP contribution is 2.13. The first-order valence-electron chi connectivity index (χ1n) is 21.5. The summed E-state index contributed by atoms with van der Waals surface area (Å²) in [5.74, 6) is 0. The fourth-order valence-electron chi connectivity index (χ4n) is 4.20. The summed E-state index contributed by atoms with van der Waals surface area (Å²) in [6.07, 6.45) is -0.816. The number of aliphatic hydroxyl groups is 3. The Morgan fingerprint density at radius 1 is 0.675 bits per heavy atom. The summed E-state index contributed by atoms with van der Waals surface area (Å²) in [6, 6.07) is 10.8. The van der Waals surface area contributed by atoms with Gasteiger partial charge in [-0.05, 0) is 61.5 Å². The van der Waals surface area contributed by atoms with Gasteiger partial charge in [0, 0.05) is 36.9 Å². The van der Waals surface area contributed by atoms with Gasteiger partial charge in [-0.25, -0.2) is 0 Å². The molecule has 0 heterocycles. The van der Waals surface area contributed by atoms with E-state index in [-0.39, 0.29) is 109 Å². The maximum absolute atomic E-state index is 8.74. The van der Waals surface area contributed by atoms with E-state index in [9.17, 15) is 0 Å². The minimum Gasteiger partial charge on any atom is -0.790 e. The Kier molecular flexibility index (Phi) is 140. The Bertz CT molecular complexity index is 1320. The highest BCUT2D eigenvalue weighted by Gasteiger charge is 2.20. The largest absolute Gasteiger partial charge is 0.790 e. The van der Waals surface area contributed by atoms with E-state index in [2.05, 4.69) is 151 Å². The predicted molar refractivity (Wildman–Crippen MR) is 332 cm³/mol. The third kappa shape index (κ3) is 197. The summed E-state index contributed by atoms with van der Waals surface area (Å²) in [5, 5.41) is 56.6. The molecule has 0 aliphatic heterocycles. The number of aliphatic hydroxyl groups excluding tert-OH is 3. The van der Waals surface area contributed by atoms with Crippen molar-refractivity contribution in [2.75, 3.05) is 166 Å². The fourth-order valence-corrected chi connectivity index (χ4v) is 5.51. The molecule has 1 aromatic rings. The number of carboxylic acid groups (broad SMARTS) is 2. The predicted octanol–water partition coefficient (Wildman–Crippen LogP) is 3.92. The minimum atomic E-state index is -5.14. The highest BCUT2D eigenvalue weighted by atomic mass is 79.9. The molecule has 1 rings (SSSR count). The van der Waals surface area contributed by atoms with Crippen LogP contribution in [-0.4, -0.2) is 253 Å². The maximum atomic E-state index is 8.74. The summed E-state index contributed by atoms with van der Waals surface area (Å²) < 4.78 is 43.6. The van der Waals surface area contributed by atoms with E-state index in [0.717, 1.165) is 19.6 Å². The summed E-state index contributed by atoms with van der Waals surface area (Å²) in [5.41, 5.74) is 1.46. The fraction of sp³-hybridized carbons (Fsp3) is 0.825. The number of benzene rings is 1. The second-order valence-electron chi connectivity index (χ2n) is 16.1. The molecule has 0 radical (unpaired) electrons. The molecule has 0 saturated carbocycles. The third-order valence-electron chi connectivity index (χ3n) is 7.68. The number of alkyl halides is 2. The molecule has 0 fully saturated rings. The molecule has 0 spiro atoms. The molecule has 23 N–H and O–H groups in total. The van der Waals surface area contributed by atoms with Crippen LogP contribution in [0.5, 0.6) is 0 Å². The van der Waals surface area contributed by atoms with Crippen LogP contribution in [0, 0.1) is 10.1 Å². The van der Waals surface area contributed by atoms with Crippen LogP contribution in [0.25, 0.3) is 0 Å². The van der Waals surface area contributed by atoms with Gasteiger partial charge in [0.25, 0.3) is 5.09 Å². The highest BCUT2D eigenvalue weighted by molar-refractivity contribution is 9.09. The summed E-state index contributed by atoms with van der Waals surface area (Å²) >= 11 is 6.76. The van der Waals surface area contributed by atoms with E-state index < -0.39 is 29.5 Å². The van der Waals surface area contributed by atoms with Crippen molar-refractivity contribution in [3.8, 4) is 0 Å². The van der Waals surface area contributed by atoms with Gasteiger partial charge in [0.1, 0.15) is 6.54 Å². The van der Waals surface area contributed by atoms with Crippen molar-refractivity contribution in [2.24, 2.45) is 0 Å². The van der Waals surface area contributed by atoms with Crippen molar-refractivity contribution < 1.29 is 90.8 Å². The molecule has 0 saturated heterocycles. The van der Waals surface area contributed by atoms with Gasteiger partial charge in [-0.15, -0.1) is 68.9 Å². The van der Waals surface area contributed by atoms with Gasteiger partial charge in [0.05, 0.1) is 108 Å². The van der Waals surface area contributed by atoms with Gasteiger partial charge in [-0.2, -0.15) is 8.42 Å². The third-order valence-corrected chi connectivity index (χ3v) is 8.60. The minimum absolute atomic E-state index is 0. The van der Waals surface area contributed by atoms with Crippen LogP contribution in [0.3, 0.4) is 0 Å². The van der Waals surface area contributed by atoms with Gasteiger partial charge in [0.15, 0.2) is 0 Å². The number of carbonyl (C=O) groups is 1. The molecule has 0 amide bonds. The van der Waals surface area contributed by atoms with Crippen molar-refractivity contribution in [1.29, 1.82) is 0 Å². The average Bonchev–Trinajstić information content (AvgIpc) is 3.16. The summed E-state index contributed by atoms with van der Waals surface area (Å²) in [6.45, 7) is 26.0. The SMILES string of the molecule is Br.Br.CCN(CC)CC.CC[N+](CC)(CC)Cc1ccccc1.CN(C)C.C[N+](C)(C)CCBr.C[N+](C)(C)CCCBr.Cl.Cl.N.N.N.N.N.O=C([O-])O.O=P([O-])([O-])O.O=S(=O)(O)O.O=[N+]([O-])O.OCCN(CCO)CCO.